The van der Waals surface area contributed by atoms with E-state index in [1.165, 1.54) is 0 Å². The van der Waals surface area contributed by atoms with Gasteiger partial charge in [-0.15, -0.1) is 0 Å². The van der Waals surface area contributed by atoms with Gasteiger partial charge in [0.15, 0.2) is 0 Å². The first-order valence-corrected chi connectivity index (χ1v) is 12.3. The maximum Gasteiger partial charge on any atom is 0.321 e. The lowest BCUT2D eigenvalue weighted by atomic mass is 10.0. The Bertz CT molecular complexity index is 1240. The van der Waals surface area contributed by atoms with E-state index in [1.807, 2.05) is 35.2 Å². The zero-order chi connectivity index (χ0) is 25.7. The summed E-state index contributed by atoms with van der Waals surface area (Å²) in [5, 5.41) is 7.78. The second kappa shape index (κ2) is 9.05. The van der Waals surface area contributed by atoms with Gasteiger partial charge in [-0.25, -0.2) is 8.78 Å². The third kappa shape index (κ3) is 5.03. The third-order valence-corrected chi connectivity index (χ3v) is 7.08. The average Bonchev–Trinajstić information content (AvgIpc) is 3.60. The number of fused-ring (bicyclic) bond motifs is 1. The summed E-state index contributed by atoms with van der Waals surface area (Å²) in [6, 6.07) is 8.16. The van der Waals surface area contributed by atoms with Gasteiger partial charge in [-0.3, -0.25) is 14.5 Å². The molecule has 192 valence electrons. The number of hydrogen-bond acceptors (Lipinski definition) is 4. The second-order valence-electron chi connectivity index (χ2n) is 10.1. The van der Waals surface area contributed by atoms with E-state index < -0.39 is 29.8 Å². The van der Waals surface area contributed by atoms with Crippen LogP contribution < -0.4 is 10.2 Å². The molecule has 1 aliphatic heterocycles. The van der Waals surface area contributed by atoms with Crippen LogP contribution in [0.1, 0.15) is 62.7 Å². The molecule has 1 saturated heterocycles. The molecule has 2 fully saturated rings. The Morgan fingerprint density at radius 2 is 1.86 bits per heavy atom. The average molecular weight is 504 g/mol. The molecule has 1 unspecified atom stereocenters. The minimum Gasteiger partial charge on any atom is -0.371 e. The number of halogens is 4. The van der Waals surface area contributed by atoms with Crippen molar-refractivity contribution in [3.05, 3.63) is 54.0 Å². The van der Waals surface area contributed by atoms with Gasteiger partial charge in [0.2, 0.25) is 0 Å². The van der Waals surface area contributed by atoms with E-state index in [4.69, 9.17) is 0 Å². The maximum absolute atomic E-state index is 13.7. The number of nitrogens with zero attached hydrogens (tertiary/aromatic N) is 4. The summed E-state index contributed by atoms with van der Waals surface area (Å²) in [5.74, 6) is -7.04. The number of carbonyl (C=O) groups is 1. The molecule has 0 radical (unpaired) electrons. The number of amides is 1. The van der Waals surface area contributed by atoms with Gasteiger partial charge in [0, 0.05) is 61.7 Å². The van der Waals surface area contributed by atoms with E-state index in [0.717, 1.165) is 40.7 Å². The predicted molar refractivity (Wildman–Crippen MR) is 129 cm³/mol. The topological polar surface area (TPSA) is 63.1 Å². The van der Waals surface area contributed by atoms with Gasteiger partial charge in [0.25, 0.3) is 11.8 Å². The third-order valence-electron chi connectivity index (χ3n) is 7.08. The molecule has 0 spiro atoms. The largest absolute Gasteiger partial charge is 0.371 e. The monoisotopic (exact) mass is 503 g/mol. The first-order valence-electron chi connectivity index (χ1n) is 12.3. The Morgan fingerprint density at radius 3 is 2.47 bits per heavy atom. The van der Waals surface area contributed by atoms with Crippen molar-refractivity contribution in [1.82, 2.24) is 20.1 Å². The lowest BCUT2D eigenvalue weighted by Gasteiger charge is -2.33. The van der Waals surface area contributed by atoms with Crippen LogP contribution in [0.3, 0.4) is 0 Å². The number of nitrogens with one attached hydrogen (secondary N) is 1. The molecule has 36 heavy (non-hydrogen) atoms. The van der Waals surface area contributed by atoms with Crippen molar-refractivity contribution in [2.24, 2.45) is 0 Å². The Labute approximate surface area is 206 Å². The van der Waals surface area contributed by atoms with Crippen molar-refractivity contribution < 1.29 is 22.4 Å². The Kier molecular flexibility index (Phi) is 6.16. The van der Waals surface area contributed by atoms with E-state index in [2.05, 4.69) is 15.4 Å². The number of alkyl halides is 4. The Morgan fingerprint density at radius 1 is 1.14 bits per heavy atom. The molecule has 5 rings (SSSR count). The minimum absolute atomic E-state index is 0.185. The number of benzene rings is 1. The van der Waals surface area contributed by atoms with Crippen molar-refractivity contribution in [2.75, 3.05) is 18.0 Å². The van der Waals surface area contributed by atoms with E-state index in [-0.39, 0.29) is 25.9 Å². The molecule has 1 amide bonds. The van der Waals surface area contributed by atoms with Crippen LogP contribution in [0, 0.1) is 0 Å². The number of rotatable bonds is 7. The molecular formula is C26H29F4N5O. The first kappa shape index (κ1) is 24.5. The fourth-order valence-electron chi connectivity index (χ4n) is 4.82. The molecule has 10 heteroatoms. The van der Waals surface area contributed by atoms with Gasteiger partial charge in [0.05, 0.1) is 23.8 Å². The maximum atomic E-state index is 13.7. The molecule has 2 atom stereocenters. The van der Waals surface area contributed by atoms with Crippen molar-refractivity contribution in [3.63, 3.8) is 0 Å². The quantitative estimate of drug-likeness (QED) is 0.445. The fourth-order valence-corrected chi connectivity index (χ4v) is 4.82. The molecule has 1 aromatic carbocycles. The highest BCUT2D eigenvalue weighted by Crippen LogP contribution is 2.39. The number of anilines is 1. The van der Waals surface area contributed by atoms with Crippen LogP contribution >= 0.6 is 0 Å². The SMILES string of the molecule is C[C@H](NC(=O)C(C)(F)F)C(c1ccc(C2CC2)nc1)n1ncc2cc(N3CCC(F)(F)CC3)ccc21. The molecule has 3 aromatic rings. The minimum atomic E-state index is -3.51. The Balaban J connectivity index is 1.47. The highest BCUT2D eigenvalue weighted by molar-refractivity contribution is 5.84. The van der Waals surface area contributed by atoms with E-state index in [9.17, 15) is 22.4 Å². The standard InChI is InChI=1S/C26H29F4N5O/c1-16(33-24(36)25(2,27)28)23(18-5-7-21(31-14-18)17-3-4-17)35-22-8-6-20(13-19(22)15-32-35)34-11-9-26(29,30)10-12-34/h5-8,13-17,23H,3-4,9-12H2,1-2H3,(H,33,36)/t16-,23?/m0/s1. The molecule has 1 saturated carbocycles. The van der Waals surface area contributed by atoms with Crippen molar-refractivity contribution in [2.45, 2.75) is 69.4 Å². The summed E-state index contributed by atoms with van der Waals surface area (Å²) in [7, 11) is 0. The van der Waals surface area contributed by atoms with Gasteiger partial charge >= 0.3 is 5.92 Å². The van der Waals surface area contributed by atoms with Gasteiger partial charge in [-0.2, -0.15) is 13.9 Å². The van der Waals surface area contributed by atoms with Crippen LogP contribution in [0.25, 0.3) is 10.9 Å². The number of piperidine rings is 1. The van der Waals surface area contributed by atoms with Crippen LogP contribution in [0.2, 0.25) is 0 Å². The fraction of sp³-hybridized carbons (Fsp3) is 0.500. The van der Waals surface area contributed by atoms with Gasteiger partial charge < -0.3 is 10.2 Å². The summed E-state index contributed by atoms with van der Waals surface area (Å²) in [6.07, 6.45) is 5.23. The molecule has 2 aliphatic rings. The van der Waals surface area contributed by atoms with Crippen molar-refractivity contribution in [1.29, 1.82) is 0 Å². The molecule has 1 aliphatic carbocycles. The zero-order valence-corrected chi connectivity index (χ0v) is 20.2. The smallest absolute Gasteiger partial charge is 0.321 e. The summed E-state index contributed by atoms with van der Waals surface area (Å²) in [5.41, 5.74) is 3.30. The molecular weight excluding hydrogens is 474 g/mol. The highest BCUT2D eigenvalue weighted by Gasteiger charge is 2.36. The molecule has 0 bridgehead atoms. The summed E-state index contributed by atoms with van der Waals surface area (Å²) < 4.78 is 56.2. The predicted octanol–water partition coefficient (Wildman–Crippen LogP) is 5.29. The van der Waals surface area contributed by atoms with E-state index in [0.29, 0.717) is 12.8 Å². The van der Waals surface area contributed by atoms with Crippen LogP contribution in [0.15, 0.2) is 42.7 Å². The second-order valence-corrected chi connectivity index (χ2v) is 10.1. The number of aromatic nitrogens is 3. The van der Waals surface area contributed by atoms with Crippen molar-refractivity contribution >= 4 is 22.5 Å². The van der Waals surface area contributed by atoms with Gasteiger partial charge in [-0.1, -0.05) is 6.07 Å². The number of hydrogen-bond donors (Lipinski definition) is 1. The molecule has 3 heterocycles. The molecule has 2 aromatic heterocycles. The molecule has 6 nitrogen and oxygen atoms in total. The van der Waals surface area contributed by atoms with Crippen LogP contribution in [-0.2, 0) is 4.79 Å². The normalized spacial score (nSPS) is 19.8. The molecule has 1 N–H and O–H groups in total. The summed E-state index contributed by atoms with van der Waals surface area (Å²) in [6.45, 7) is 2.77. The lowest BCUT2D eigenvalue weighted by molar-refractivity contribution is -0.143. The first-order chi connectivity index (χ1) is 17.0. The van der Waals surface area contributed by atoms with E-state index >= 15 is 0 Å². The number of pyridine rings is 1. The van der Waals surface area contributed by atoms with Gasteiger partial charge in [0.1, 0.15) is 0 Å². The number of carbonyl (C=O) groups excluding carboxylic acids is 1. The van der Waals surface area contributed by atoms with Crippen LogP contribution in [0.4, 0.5) is 23.2 Å². The lowest BCUT2D eigenvalue weighted by Crippen LogP contribution is -2.46. The highest BCUT2D eigenvalue weighted by atomic mass is 19.3. The zero-order valence-electron chi connectivity index (χ0n) is 20.2. The summed E-state index contributed by atoms with van der Waals surface area (Å²) in [4.78, 5) is 18.6. The van der Waals surface area contributed by atoms with Crippen LogP contribution in [-0.4, -0.2) is 51.6 Å². The van der Waals surface area contributed by atoms with Crippen molar-refractivity contribution in [3.8, 4) is 0 Å². The van der Waals surface area contributed by atoms with Crippen LogP contribution in [0.5, 0.6) is 0 Å². The van der Waals surface area contributed by atoms with Gasteiger partial charge in [-0.05, 0) is 49.6 Å². The Hall–Kier alpha value is -3.17. The van der Waals surface area contributed by atoms with E-state index in [1.54, 1.807) is 24.0 Å². The summed E-state index contributed by atoms with van der Waals surface area (Å²) >= 11 is 0.